The molecule has 0 aliphatic heterocycles. The fourth-order valence-corrected chi connectivity index (χ4v) is 5.24. The molecule has 0 N–H and O–H groups in total. The third-order valence-electron chi connectivity index (χ3n) is 0.883. The first-order valence-electron chi connectivity index (χ1n) is 2.68. The van der Waals surface area contributed by atoms with Crippen LogP contribution in [0.5, 0.6) is 0 Å². The van der Waals surface area contributed by atoms with Gasteiger partial charge in [0.25, 0.3) is 0 Å². The smallest absolute Gasteiger partial charge is 0.295 e. The third kappa shape index (κ3) is 6.83. The zero-order valence-electron chi connectivity index (χ0n) is 5.24. The second-order valence-corrected chi connectivity index (χ2v) is 20.3. The summed E-state index contributed by atoms with van der Waals surface area (Å²) in [5, 5.41) is 0. The first-order valence-corrected chi connectivity index (χ1v) is 11.0. The van der Waals surface area contributed by atoms with Gasteiger partial charge in [-0.15, -0.1) is 33.2 Å². The Bertz CT molecular complexity index is 142. The average molecular weight is 234 g/mol. The number of rotatable bonds is 4. The van der Waals surface area contributed by atoms with Crippen LogP contribution in [0.2, 0.25) is 6.04 Å². The molecule has 10 heavy (non-hydrogen) atoms. The molecule has 0 radical (unpaired) electrons. The van der Waals surface area contributed by atoms with E-state index in [4.69, 9.17) is 33.2 Å². The number of ketones is 1. The van der Waals surface area contributed by atoms with Crippen LogP contribution < -0.4 is 0 Å². The van der Waals surface area contributed by atoms with E-state index in [0.717, 1.165) is 0 Å². The average Bonchev–Trinajstić information content (AvgIpc) is 1.81. The number of halogens is 3. The van der Waals surface area contributed by atoms with E-state index in [2.05, 4.69) is 6.58 Å². The lowest BCUT2D eigenvalue weighted by Gasteiger charge is -2.02. The molecular formula is C4H7Cl3OSi2. The highest BCUT2D eigenvalue weighted by Gasteiger charge is 2.25. The van der Waals surface area contributed by atoms with Crippen molar-refractivity contribution in [3.8, 4) is 0 Å². The summed E-state index contributed by atoms with van der Waals surface area (Å²) in [7, 11) is -0.794. The summed E-state index contributed by atoms with van der Waals surface area (Å²) in [6.07, 6.45) is 1.28. The SMILES string of the molecule is C=CC(=O)C[SiH2][Si](Cl)(Cl)Cl. The summed E-state index contributed by atoms with van der Waals surface area (Å²) in [5.41, 5.74) is -2.45. The van der Waals surface area contributed by atoms with Gasteiger partial charge in [0.05, 0.1) is 9.04 Å². The van der Waals surface area contributed by atoms with Crippen molar-refractivity contribution in [3.63, 3.8) is 0 Å². The maximum Gasteiger partial charge on any atom is 0.318 e. The zero-order chi connectivity index (χ0) is 8.20. The molecule has 1 nitrogen and oxygen atoms in total. The summed E-state index contributed by atoms with van der Waals surface area (Å²) in [4.78, 5) is 10.6. The van der Waals surface area contributed by atoms with Gasteiger partial charge in [-0.3, -0.25) is 4.79 Å². The van der Waals surface area contributed by atoms with Crippen molar-refractivity contribution in [1.82, 2.24) is 0 Å². The lowest BCUT2D eigenvalue weighted by Crippen LogP contribution is -2.22. The Kier molecular flexibility index (Phi) is 4.89. The monoisotopic (exact) mass is 232 g/mol. The van der Waals surface area contributed by atoms with Crippen LogP contribution in [0.4, 0.5) is 0 Å². The van der Waals surface area contributed by atoms with Gasteiger partial charge in [-0.05, 0) is 6.08 Å². The van der Waals surface area contributed by atoms with Gasteiger partial charge in [-0.2, -0.15) is 0 Å². The van der Waals surface area contributed by atoms with Crippen LogP contribution in [0, 0.1) is 0 Å². The van der Waals surface area contributed by atoms with Gasteiger partial charge in [0.1, 0.15) is 0 Å². The van der Waals surface area contributed by atoms with E-state index in [0.29, 0.717) is 6.04 Å². The molecule has 6 heteroatoms. The topological polar surface area (TPSA) is 17.1 Å². The number of hydrogen-bond donors (Lipinski definition) is 0. The maximum atomic E-state index is 10.6. The fraction of sp³-hybridized carbons (Fsp3) is 0.250. The molecule has 0 unspecified atom stereocenters. The van der Waals surface area contributed by atoms with E-state index in [1.165, 1.54) is 6.08 Å². The standard InChI is InChI=1S/C4H7Cl3OSi2/c1-2-4(8)3-9-10(5,6)7/h2H,1,3,9H2. The second-order valence-electron chi connectivity index (χ2n) is 1.79. The van der Waals surface area contributed by atoms with E-state index in [1.54, 1.807) is 0 Å². The van der Waals surface area contributed by atoms with E-state index in [-0.39, 0.29) is 5.78 Å². The molecule has 0 spiro atoms. The zero-order valence-corrected chi connectivity index (χ0v) is 9.92. The van der Waals surface area contributed by atoms with Gasteiger partial charge in [-0.1, -0.05) is 6.58 Å². The minimum atomic E-state index is -2.45. The molecule has 0 fully saturated rings. The van der Waals surface area contributed by atoms with Crippen molar-refractivity contribution in [1.29, 1.82) is 0 Å². The molecule has 0 aromatic carbocycles. The summed E-state index contributed by atoms with van der Waals surface area (Å²) < 4.78 is 0. The summed E-state index contributed by atoms with van der Waals surface area (Å²) >= 11 is 16.7. The molecule has 0 aliphatic rings. The molecule has 0 bridgehead atoms. The van der Waals surface area contributed by atoms with Crippen molar-refractivity contribution in [3.05, 3.63) is 12.7 Å². The van der Waals surface area contributed by atoms with Crippen molar-refractivity contribution < 1.29 is 4.79 Å². The maximum absolute atomic E-state index is 10.6. The molecule has 0 aliphatic carbocycles. The van der Waals surface area contributed by atoms with Gasteiger partial charge >= 0.3 is 5.52 Å². The lowest BCUT2D eigenvalue weighted by molar-refractivity contribution is -0.112. The van der Waals surface area contributed by atoms with Gasteiger partial charge in [-0.25, -0.2) is 0 Å². The van der Waals surface area contributed by atoms with Crippen LogP contribution in [-0.4, -0.2) is 20.3 Å². The Morgan fingerprint density at radius 1 is 1.60 bits per heavy atom. The summed E-state index contributed by atoms with van der Waals surface area (Å²) in [6.45, 7) is 3.32. The van der Waals surface area contributed by atoms with Crippen LogP contribution in [0.15, 0.2) is 12.7 Å². The molecule has 0 rings (SSSR count). The first kappa shape index (κ1) is 10.7. The molecule has 0 atom stereocenters. The van der Waals surface area contributed by atoms with Crippen molar-refractivity contribution in [2.75, 3.05) is 0 Å². The fourth-order valence-electron chi connectivity index (χ4n) is 0.367. The van der Waals surface area contributed by atoms with Gasteiger partial charge in [0.15, 0.2) is 5.78 Å². The highest BCUT2D eigenvalue weighted by molar-refractivity contribution is 7.82. The van der Waals surface area contributed by atoms with Crippen molar-refractivity contribution in [2.45, 2.75) is 6.04 Å². The van der Waals surface area contributed by atoms with E-state index >= 15 is 0 Å². The van der Waals surface area contributed by atoms with Crippen LogP contribution in [-0.2, 0) is 4.79 Å². The Morgan fingerprint density at radius 3 is 2.40 bits per heavy atom. The molecule has 0 aromatic rings. The van der Waals surface area contributed by atoms with Crippen LogP contribution in [0.3, 0.4) is 0 Å². The molecule has 58 valence electrons. The number of allylic oxidation sites excluding steroid dienone is 1. The lowest BCUT2D eigenvalue weighted by atomic mass is 10.5. The first-order chi connectivity index (χ1) is 4.45. The minimum Gasteiger partial charge on any atom is -0.295 e. The molecule has 0 amide bonds. The number of carbonyl (C=O) groups is 1. The molecule has 0 heterocycles. The highest BCUT2D eigenvalue weighted by atomic mass is 35.8. The van der Waals surface area contributed by atoms with Gasteiger partial charge < -0.3 is 0 Å². The van der Waals surface area contributed by atoms with Crippen LogP contribution in [0.25, 0.3) is 0 Å². The molecular weight excluding hydrogens is 227 g/mol. The van der Waals surface area contributed by atoms with Crippen LogP contribution >= 0.6 is 33.2 Å². The Balaban J connectivity index is 3.55. The number of carbonyl (C=O) groups excluding carboxylic acids is 1. The normalized spacial score (nSPS) is 12.3. The highest BCUT2D eigenvalue weighted by Crippen LogP contribution is 2.18. The van der Waals surface area contributed by atoms with Crippen LogP contribution in [0.1, 0.15) is 0 Å². The van der Waals surface area contributed by atoms with Gasteiger partial charge in [0, 0.05) is 6.04 Å². The van der Waals surface area contributed by atoms with Crippen molar-refractivity contribution >= 4 is 53.6 Å². The second kappa shape index (κ2) is 4.56. The minimum absolute atomic E-state index is 0.00880. The van der Waals surface area contributed by atoms with Crippen molar-refractivity contribution in [2.24, 2.45) is 0 Å². The van der Waals surface area contributed by atoms with E-state index in [1.807, 2.05) is 0 Å². The predicted molar refractivity (Wildman–Crippen MR) is 51.9 cm³/mol. The molecule has 0 saturated heterocycles. The Labute approximate surface area is 77.1 Å². The molecule has 0 saturated carbocycles. The summed E-state index contributed by atoms with van der Waals surface area (Å²) in [6, 6.07) is 0.437. The van der Waals surface area contributed by atoms with E-state index in [9.17, 15) is 4.79 Å². The summed E-state index contributed by atoms with van der Waals surface area (Å²) in [5.74, 6) is -0.00880. The quantitative estimate of drug-likeness (QED) is 0.408. The van der Waals surface area contributed by atoms with E-state index < -0.39 is 14.6 Å². The Hall–Kier alpha value is 0.714. The number of hydrogen-bond acceptors (Lipinski definition) is 1. The third-order valence-corrected chi connectivity index (χ3v) is 9.75. The predicted octanol–water partition coefficient (Wildman–Crippen LogP) is 1.48. The van der Waals surface area contributed by atoms with Gasteiger partial charge in [0.2, 0.25) is 0 Å². The molecule has 0 aromatic heterocycles. The Morgan fingerprint density at radius 2 is 2.10 bits per heavy atom. The largest absolute Gasteiger partial charge is 0.318 e.